The molecule has 24 heavy (non-hydrogen) atoms. The molecule has 2 aromatic carbocycles. The third-order valence-electron chi connectivity index (χ3n) is 3.61. The standard InChI is InChI=1S/C15H7BrO7S/c16-8-5-9(24(21,22)23)11(15(19)20)12-10(8)13(17)6-3-1-2-4-7(6)14(12)18/h1-5H,(H,19,20)(H,21,22,23). The summed E-state index contributed by atoms with van der Waals surface area (Å²) < 4.78 is 32.2. The third-order valence-corrected chi connectivity index (χ3v) is 5.11. The first-order chi connectivity index (χ1) is 11.1. The number of rotatable bonds is 2. The second-order valence-electron chi connectivity index (χ2n) is 4.97. The molecule has 0 unspecified atom stereocenters. The Bertz CT molecular complexity index is 1050. The van der Waals surface area contributed by atoms with E-state index in [1.54, 1.807) is 6.07 Å². The Labute approximate surface area is 143 Å². The average molecular weight is 411 g/mol. The molecule has 0 aliphatic heterocycles. The lowest BCUT2D eigenvalue weighted by Crippen LogP contribution is -2.26. The molecule has 7 nitrogen and oxygen atoms in total. The Morgan fingerprint density at radius 2 is 1.50 bits per heavy atom. The number of carbonyl (C=O) groups excluding carboxylic acids is 2. The van der Waals surface area contributed by atoms with Gasteiger partial charge >= 0.3 is 5.97 Å². The number of carboxylic acids is 1. The quantitative estimate of drug-likeness (QED) is 0.619. The Kier molecular flexibility index (Phi) is 3.67. The van der Waals surface area contributed by atoms with E-state index in [1.807, 2.05) is 0 Å². The van der Waals surface area contributed by atoms with Gasteiger partial charge in [0.1, 0.15) is 4.90 Å². The van der Waals surface area contributed by atoms with E-state index < -0.39 is 43.7 Å². The molecule has 0 amide bonds. The summed E-state index contributed by atoms with van der Waals surface area (Å²) >= 11 is 2.99. The zero-order valence-electron chi connectivity index (χ0n) is 11.6. The molecule has 0 saturated carbocycles. The summed E-state index contributed by atoms with van der Waals surface area (Å²) in [5.74, 6) is -3.16. The molecule has 2 N–H and O–H groups in total. The van der Waals surface area contributed by atoms with Crippen LogP contribution in [-0.2, 0) is 10.1 Å². The topological polar surface area (TPSA) is 126 Å². The van der Waals surface area contributed by atoms with E-state index in [2.05, 4.69) is 15.9 Å². The van der Waals surface area contributed by atoms with Gasteiger partial charge in [-0.05, 0) is 22.0 Å². The van der Waals surface area contributed by atoms with Crippen molar-refractivity contribution in [3.8, 4) is 0 Å². The van der Waals surface area contributed by atoms with Gasteiger partial charge in [0.25, 0.3) is 10.1 Å². The van der Waals surface area contributed by atoms with Gasteiger partial charge < -0.3 is 5.11 Å². The minimum atomic E-state index is -4.93. The first kappa shape index (κ1) is 16.5. The van der Waals surface area contributed by atoms with Crippen LogP contribution >= 0.6 is 15.9 Å². The lowest BCUT2D eigenvalue weighted by atomic mass is 9.82. The smallest absolute Gasteiger partial charge is 0.337 e. The number of hydrogen-bond acceptors (Lipinski definition) is 5. The van der Waals surface area contributed by atoms with Crippen molar-refractivity contribution < 1.29 is 32.5 Å². The van der Waals surface area contributed by atoms with Crippen LogP contribution in [-0.4, -0.2) is 35.6 Å². The van der Waals surface area contributed by atoms with Crippen molar-refractivity contribution in [1.29, 1.82) is 0 Å². The minimum Gasteiger partial charge on any atom is -0.478 e. The van der Waals surface area contributed by atoms with Crippen LogP contribution in [0.5, 0.6) is 0 Å². The Hall–Kier alpha value is -2.36. The lowest BCUT2D eigenvalue weighted by molar-refractivity contribution is 0.0687. The van der Waals surface area contributed by atoms with E-state index in [1.165, 1.54) is 18.2 Å². The van der Waals surface area contributed by atoms with Gasteiger partial charge in [0, 0.05) is 21.2 Å². The SMILES string of the molecule is O=C1c2ccccc2C(=O)c2c1c(Br)cc(S(=O)(=O)O)c2C(=O)O. The second-order valence-corrected chi connectivity index (χ2v) is 7.21. The van der Waals surface area contributed by atoms with Gasteiger partial charge in [-0.15, -0.1) is 0 Å². The summed E-state index contributed by atoms with van der Waals surface area (Å²) in [6.07, 6.45) is 0. The van der Waals surface area contributed by atoms with E-state index in [-0.39, 0.29) is 21.2 Å². The van der Waals surface area contributed by atoms with E-state index in [9.17, 15) is 32.5 Å². The fourth-order valence-corrected chi connectivity index (χ4v) is 4.11. The van der Waals surface area contributed by atoms with Crippen LogP contribution in [0.3, 0.4) is 0 Å². The highest BCUT2D eigenvalue weighted by Gasteiger charge is 2.38. The van der Waals surface area contributed by atoms with Gasteiger partial charge in [-0.1, -0.05) is 24.3 Å². The molecule has 0 bridgehead atoms. The maximum atomic E-state index is 12.7. The highest BCUT2D eigenvalue weighted by atomic mass is 79.9. The van der Waals surface area contributed by atoms with Crippen molar-refractivity contribution in [2.24, 2.45) is 0 Å². The molecule has 0 fully saturated rings. The maximum Gasteiger partial charge on any atom is 0.337 e. The minimum absolute atomic E-state index is 0.0307. The van der Waals surface area contributed by atoms with Gasteiger partial charge in [-0.25, -0.2) is 4.79 Å². The molecule has 0 aromatic heterocycles. The molecule has 0 spiro atoms. The molecular weight excluding hydrogens is 404 g/mol. The summed E-state index contributed by atoms with van der Waals surface area (Å²) in [5, 5.41) is 9.37. The van der Waals surface area contributed by atoms with Crippen LogP contribution in [0, 0.1) is 0 Å². The molecule has 1 aliphatic carbocycles. The zero-order valence-corrected chi connectivity index (χ0v) is 14.0. The predicted octanol–water partition coefficient (Wildman–Crippen LogP) is 2.17. The first-order valence-electron chi connectivity index (χ1n) is 6.40. The highest BCUT2D eigenvalue weighted by molar-refractivity contribution is 9.10. The van der Waals surface area contributed by atoms with Crippen molar-refractivity contribution in [2.45, 2.75) is 4.90 Å². The van der Waals surface area contributed by atoms with Crippen LogP contribution in [0.15, 0.2) is 39.7 Å². The lowest BCUT2D eigenvalue weighted by Gasteiger charge is -2.21. The second kappa shape index (κ2) is 5.33. The summed E-state index contributed by atoms with van der Waals surface area (Å²) in [6, 6.07) is 6.61. The molecule has 3 rings (SSSR count). The van der Waals surface area contributed by atoms with Crippen LogP contribution in [0.25, 0.3) is 0 Å². The van der Waals surface area contributed by atoms with E-state index in [0.29, 0.717) is 0 Å². The largest absolute Gasteiger partial charge is 0.478 e. The van der Waals surface area contributed by atoms with E-state index >= 15 is 0 Å². The molecule has 1 aliphatic rings. The Morgan fingerprint density at radius 3 is 1.96 bits per heavy atom. The first-order valence-corrected chi connectivity index (χ1v) is 8.63. The Balaban J connectivity index is 2.52. The number of ketones is 2. The van der Waals surface area contributed by atoms with Gasteiger partial charge in [-0.2, -0.15) is 8.42 Å². The number of halogens is 1. The summed E-state index contributed by atoms with van der Waals surface area (Å²) in [4.78, 5) is 35.9. The molecule has 0 radical (unpaired) electrons. The number of fused-ring (bicyclic) bond motifs is 2. The van der Waals surface area contributed by atoms with Crippen LogP contribution in [0.4, 0.5) is 0 Å². The van der Waals surface area contributed by atoms with Crippen LogP contribution < -0.4 is 0 Å². The van der Waals surface area contributed by atoms with Crippen molar-refractivity contribution in [1.82, 2.24) is 0 Å². The monoisotopic (exact) mass is 410 g/mol. The molecule has 0 saturated heterocycles. The molecule has 122 valence electrons. The number of carboxylic acid groups (broad SMARTS) is 1. The van der Waals surface area contributed by atoms with Crippen LogP contribution in [0.1, 0.15) is 42.2 Å². The average Bonchev–Trinajstić information content (AvgIpc) is 2.50. The van der Waals surface area contributed by atoms with Crippen molar-refractivity contribution in [2.75, 3.05) is 0 Å². The van der Waals surface area contributed by atoms with Crippen molar-refractivity contribution in [3.05, 3.63) is 62.6 Å². The number of aromatic carboxylic acids is 1. The number of carbonyl (C=O) groups is 3. The zero-order chi connectivity index (χ0) is 17.8. The van der Waals surface area contributed by atoms with Crippen LogP contribution in [0.2, 0.25) is 0 Å². The maximum absolute atomic E-state index is 12.7. The van der Waals surface area contributed by atoms with Crippen molar-refractivity contribution >= 4 is 43.6 Å². The molecule has 0 atom stereocenters. The van der Waals surface area contributed by atoms with E-state index in [0.717, 1.165) is 6.07 Å². The number of benzene rings is 2. The third kappa shape index (κ3) is 2.29. The summed E-state index contributed by atoms with van der Waals surface area (Å²) in [5.41, 5.74) is -1.68. The molecule has 0 heterocycles. The Morgan fingerprint density at radius 1 is 1.00 bits per heavy atom. The summed E-state index contributed by atoms with van der Waals surface area (Å²) in [7, 11) is -4.93. The van der Waals surface area contributed by atoms with Gasteiger partial charge in [0.15, 0.2) is 11.6 Å². The highest BCUT2D eigenvalue weighted by Crippen LogP contribution is 2.37. The van der Waals surface area contributed by atoms with Gasteiger partial charge in [0.05, 0.1) is 11.1 Å². The normalized spacial score (nSPS) is 13.4. The van der Waals surface area contributed by atoms with Gasteiger partial charge in [-0.3, -0.25) is 14.1 Å². The van der Waals surface area contributed by atoms with E-state index in [4.69, 9.17) is 0 Å². The molecular formula is C15H7BrO7S. The molecule has 2 aromatic rings. The fourth-order valence-electron chi connectivity index (χ4n) is 2.64. The predicted molar refractivity (Wildman–Crippen MR) is 84.2 cm³/mol. The molecule has 9 heteroatoms. The fraction of sp³-hybridized carbons (Fsp3) is 0. The van der Waals surface area contributed by atoms with Gasteiger partial charge in [0.2, 0.25) is 0 Å². The number of hydrogen-bond donors (Lipinski definition) is 2. The summed E-state index contributed by atoms with van der Waals surface area (Å²) in [6.45, 7) is 0. The van der Waals surface area contributed by atoms with Crippen molar-refractivity contribution in [3.63, 3.8) is 0 Å².